The molecule has 3 N–H and O–H groups in total. The highest BCUT2D eigenvalue weighted by molar-refractivity contribution is 7.90. The molecule has 0 bridgehead atoms. The molecule has 1 aromatic heterocycles. The number of rotatable bonds is 6. The van der Waals surface area contributed by atoms with Crippen LogP contribution in [0.2, 0.25) is 0 Å². The van der Waals surface area contributed by atoms with E-state index in [2.05, 4.69) is 10.3 Å². The van der Waals surface area contributed by atoms with E-state index < -0.39 is 27.8 Å². The monoisotopic (exact) mass is 274 g/mol. The number of carboxylic acids is 1. The van der Waals surface area contributed by atoms with E-state index in [4.69, 9.17) is 5.11 Å². The van der Waals surface area contributed by atoms with Crippen molar-refractivity contribution >= 4 is 21.7 Å². The average molecular weight is 274 g/mol. The normalized spacial score (nSPS) is 12.9. The molecule has 0 aliphatic carbocycles. The maximum absolute atomic E-state index is 11.6. The minimum absolute atomic E-state index is 0.166. The van der Waals surface area contributed by atoms with E-state index in [-0.39, 0.29) is 17.9 Å². The van der Waals surface area contributed by atoms with Gasteiger partial charge in [-0.25, -0.2) is 13.2 Å². The first kappa shape index (κ1) is 14.2. The summed E-state index contributed by atoms with van der Waals surface area (Å²) in [4.78, 5) is 25.1. The minimum atomic E-state index is -3.26. The van der Waals surface area contributed by atoms with Crippen LogP contribution in [0.25, 0.3) is 0 Å². The third-order valence-corrected chi connectivity index (χ3v) is 3.20. The van der Waals surface area contributed by atoms with E-state index in [1.807, 2.05) is 0 Å². The lowest BCUT2D eigenvalue weighted by atomic mass is 10.2. The van der Waals surface area contributed by atoms with Crippen molar-refractivity contribution in [2.24, 2.45) is 0 Å². The van der Waals surface area contributed by atoms with Crippen LogP contribution in [-0.4, -0.2) is 48.4 Å². The Balaban J connectivity index is 2.64. The van der Waals surface area contributed by atoms with Gasteiger partial charge in [0.05, 0.1) is 5.75 Å². The Morgan fingerprint density at radius 1 is 1.50 bits per heavy atom. The Labute approximate surface area is 104 Å². The first-order chi connectivity index (χ1) is 8.29. The van der Waals surface area contributed by atoms with Crippen molar-refractivity contribution in [3.63, 3.8) is 0 Å². The van der Waals surface area contributed by atoms with Gasteiger partial charge in [0, 0.05) is 12.5 Å². The molecule has 1 unspecified atom stereocenters. The first-order valence-corrected chi connectivity index (χ1v) is 7.20. The molecule has 0 spiro atoms. The van der Waals surface area contributed by atoms with Gasteiger partial charge < -0.3 is 15.4 Å². The molecule has 1 aromatic rings. The van der Waals surface area contributed by atoms with Gasteiger partial charge in [-0.15, -0.1) is 0 Å². The molecule has 1 atom stereocenters. The number of carbonyl (C=O) groups excluding carboxylic acids is 1. The van der Waals surface area contributed by atoms with Gasteiger partial charge in [-0.1, -0.05) is 0 Å². The van der Waals surface area contributed by atoms with Crippen LogP contribution < -0.4 is 5.32 Å². The fraction of sp³-hybridized carbons (Fsp3) is 0.400. The van der Waals surface area contributed by atoms with Crippen LogP contribution in [0.3, 0.4) is 0 Å². The van der Waals surface area contributed by atoms with Crippen LogP contribution in [0.4, 0.5) is 0 Å². The highest BCUT2D eigenvalue weighted by Crippen LogP contribution is 2.00. The topological polar surface area (TPSA) is 116 Å². The summed E-state index contributed by atoms with van der Waals surface area (Å²) in [7, 11) is -3.26. The molecule has 0 aromatic carbocycles. The summed E-state index contributed by atoms with van der Waals surface area (Å²) in [5, 5.41) is 11.2. The Hall–Kier alpha value is -1.83. The van der Waals surface area contributed by atoms with E-state index in [9.17, 15) is 18.0 Å². The lowest BCUT2D eigenvalue weighted by Gasteiger charge is -2.13. The van der Waals surface area contributed by atoms with Gasteiger partial charge in [-0.2, -0.15) is 0 Å². The van der Waals surface area contributed by atoms with Gasteiger partial charge in [0.25, 0.3) is 5.91 Å². The highest BCUT2D eigenvalue weighted by Gasteiger charge is 2.22. The molecule has 0 saturated heterocycles. The first-order valence-electron chi connectivity index (χ1n) is 5.14. The second-order valence-electron chi connectivity index (χ2n) is 3.87. The van der Waals surface area contributed by atoms with Crippen LogP contribution in [0.15, 0.2) is 18.3 Å². The Morgan fingerprint density at radius 2 is 2.17 bits per heavy atom. The summed E-state index contributed by atoms with van der Waals surface area (Å²) >= 11 is 0. The summed E-state index contributed by atoms with van der Waals surface area (Å²) in [5.74, 6) is -2.14. The summed E-state index contributed by atoms with van der Waals surface area (Å²) in [5.41, 5.74) is 0.223. The van der Waals surface area contributed by atoms with E-state index >= 15 is 0 Å². The van der Waals surface area contributed by atoms with Gasteiger partial charge in [-0.05, 0) is 18.6 Å². The number of amides is 1. The highest BCUT2D eigenvalue weighted by atomic mass is 32.2. The van der Waals surface area contributed by atoms with Crippen molar-refractivity contribution in [1.82, 2.24) is 10.3 Å². The van der Waals surface area contributed by atoms with Crippen LogP contribution >= 0.6 is 0 Å². The number of nitrogens with one attached hydrogen (secondary N) is 2. The largest absolute Gasteiger partial charge is 0.480 e. The molecule has 18 heavy (non-hydrogen) atoms. The Bertz CT molecular complexity index is 520. The van der Waals surface area contributed by atoms with Crippen LogP contribution in [-0.2, 0) is 14.6 Å². The number of aromatic amines is 1. The molecule has 1 heterocycles. The molecule has 100 valence electrons. The number of aliphatic carboxylic acids is 1. The smallest absolute Gasteiger partial charge is 0.326 e. The number of hydrogen-bond donors (Lipinski definition) is 3. The third-order valence-electron chi connectivity index (χ3n) is 2.22. The number of carbonyl (C=O) groups is 2. The molecular formula is C10H14N2O5S. The van der Waals surface area contributed by atoms with E-state index in [0.29, 0.717) is 0 Å². The predicted molar refractivity (Wildman–Crippen MR) is 64.0 cm³/mol. The number of H-pyrrole nitrogens is 1. The van der Waals surface area contributed by atoms with E-state index in [1.54, 1.807) is 6.07 Å². The summed E-state index contributed by atoms with van der Waals surface area (Å²) in [6, 6.07) is 1.86. The fourth-order valence-corrected chi connectivity index (χ4v) is 1.96. The lowest BCUT2D eigenvalue weighted by molar-refractivity contribution is -0.139. The maximum Gasteiger partial charge on any atom is 0.326 e. The minimum Gasteiger partial charge on any atom is -0.480 e. The number of carboxylic acid groups (broad SMARTS) is 1. The van der Waals surface area contributed by atoms with Crippen LogP contribution in [0, 0.1) is 0 Å². The Morgan fingerprint density at radius 3 is 2.61 bits per heavy atom. The van der Waals surface area contributed by atoms with Crippen molar-refractivity contribution in [3.05, 3.63) is 24.0 Å². The second kappa shape index (κ2) is 5.67. The van der Waals surface area contributed by atoms with Crippen molar-refractivity contribution < 1.29 is 23.1 Å². The Kier molecular flexibility index (Phi) is 4.49. The zero-order valence-corrected chi connectivity index (χ0v) is 10.5. The van der Waals surface area contributed by atoms with Gasteiger partial charge in [0.15, 0.2) is 0 Å². The quantitative estimate of drug-likeness (QED) is 0.654. The van der Waals surface area contributed by atoms with Crippen molar-refractivity contribution in [2.75, 3.05) is 12.0 Å². The van der Waals surface area contributed by atoms with Gasteiger partial charge >= 0.3 is 5.97 Å². The molecule has 0 aliphatic rings. The van der Waals surface area contributed by atoms with E-state index in [1.165, 1.54) is 12.3 Å². The molecule has 0 radical (unpaired) electrons. The van der Waals surface area contributed by atoms with Crippen molar-refractivity contribution in [1.29, 1.82) is 0 Å². The molecule has 0 saturated carbocycles. The molecule has 0 aliphatic heterocycles. The van der Waals surface area contributed by atoms with Gasteiger partial charge in [0.2, 0.25) is 0 Å². The number of hydrogen-bond acceptors (Lipinski definition) is 4. The van der Waals surface area contributed by atoms with Crippen molar-refractivity contribution in [3.8, 4) is 0 Å². The fourth-order valence-electron chi connectivity index (χ4n) is 1.30. The molecule has 1 rings (SSSR count). The summed E-state index contributed by atoms with van der Waals surface area (Å²) in [6.07, 6.45) is 2.38. The molecule has 0 fully saturated rings. The van der Waals surface area contributed by atoms with E-state index in [0.717, 1.165) is 6.26 Å². The van der Waals surface area contributed by atoms with Gasteiger partial charge in [-0.3, -0.25) is 4.79 Å². The summed E-state index contributed by atoms with van der Waals surface area (Å²) < 4.78 is 21.9. The standard InChI is InChI=1S/C10H14N2O5S/c1-18(16,17)6-4-8(10(14)15)12-9(13)7-3-2-5-11-7/h2-3,5,8,11H,4,6H2,1H3,(H,12,13)(H,14,15). The van der Waals surface area contributed by atoms with Crippen LogP contribution in [0.1, 0.15) is 16.9 Å². The SMILES string of the molecule is CS(=O)(=O)CCC(NC(=O)c1ccc[nH]1)C(=O)O. The average Bonchev–Trinajstić information content (AvgIpc) is 2.75. The molecule has 8 heteroatoms. The molecule has 7 nitrogen and oxygen atoms in total. The second-order valence-corrected chi connectivity index (χ2v) is 6.13. The summed E-state index contributed by atoms with van der Waals surface area (Å²) in [6.45, 7) is 0. The third kappa shape index (κ3) is 4.58. The lowest BCUT2D eigenvalue weighted by Crippen LogP contribution is -2.42. The van der Waals surface area contributed by atoms with Crippen molar-refractivity contribution in [2.45, 2.75) is 12.5 Å². The number of aromatic nitrogens is 1. The number of sulfone groups is 1. The van der Waals surface area contributed by atoms with Gasteiger partial charge in [0.1, 0.15) is 21.6 Å². The van der Waals surface area contributed by atoms with Crippen LogP contribution in [0.5, 0.6) is 0 Å². The zero-order chi connectivity index (χ0) is 13.8. The zero-order valence-electron chi connectivity index (χ0n) is 9.71. The molecule has 1 amide bonds. The maximum atomic E-state index is 11.6. The predicted octanol–water partition coefficient (Wildman–Crippen LogP) is -0.368. The molecular weight excluding hydrogens is 260 g/mol.